The van der Waals surface area contributed by atoms with Gasteiger partial charge in [0, 0.05) is 23.2 Å². The van der Waals surface area contributed by atoms with E-state index in [4.69, 9.17) is 4.74 Å². The number of nitrogens with one attached hydrogen (secondary N) is 1. The molecule has 0 aliphatic rings. The highest BCUT2D eigenvalue weighted by molar-refractivity contribution is 6.01. The summed E-state index contributed by atoms with van der Waals surface area (Å²) in [5.41, 5.74) is 3.68. The minimum Gasteiger partial charge on any atom is -0.456 e. The quantitative estimate of drug-likeness (QED) is 0.237. The van der Waals surface area contributed by atoms with Crippen LogP contribution < -0.4 is 5.32 Å². The van der Waals surface area contributed by atoms with Crippen molar-refractivity contribution in [3.63, 3.8) is 0 Å². The molecule has 174 valence electrons. The predicted octanol–water partition coefficient (Wildman–Crippen LogP) is 5.83. The molecule has 0 aromatic heterocycles. The first kappa shape index (κ1) is 23.6. The van der Waals surface area contributed by atoms with Crippen molar-refractivity contribution in [1.29, 1.82) is 0 Å². The topological polar surface area (TPSA) is 72.5 Å². The van der Waals surface area contributed by atoms with E-state index in [1.165, 1.54) is 0 Å². The summed E-state index contributed by atoms with van der Waals surface area (Å²) >= 11 is 0. The molecule has 0 saturated heterocycles. The summed E-state index contributed by atoms with van der Waals surface area (Å²) in [6.45, 7) is -0.407. The number of para-hydroxylation sites is 1. The van der Waals surface area contributed by atoms with E-state index in [0.717, 1.165) is 11.1 Å². The first-order chi connectivity index (χ1) is 17.1. The van der Waals surface area contributed by atoms with Crippen molar-refractivity contribution in [2.45, 2.75) is 12.5 Å². The molecule has 0 aliphatic carbocycles. The third-order valence-electron chi connectivity index (χ3n) is 5.54. The van der Waals surface area contributed by atoms with E-state index in [1.807, 2.05) is 66.7 Å². The van der Waals surface area contributed by atoms with Crippen LogP contribution in [0.4, 0.5) is 5.69 Å². The first-order valence-corrected chi connectivity index (χ1v) is 11.4. The second-order valence-electron chi connectivity index (χ2n) is 8.03. The molecule has 0 radical (unpaired) electrons. The van der Waals surface area contributed by atoms with Crippen LogP contribution in [0, 0.1) is 0 Å². The van der Waals surface area contributed by atoms with E-state index < -0.39 is 18.6 Å². The summed E-state index contributed by atoms with van der Waals surface area (Å²) in [6.07, 6.45) is -0.0995. The van der Waals surface area contributed by atoms with Gasteiger partial charge in [-0.15, -0.1) is 0 Å². The number of rotatable bonds is 10. The Kier molecular flexibility index (Phi) is 7.81. The maximum Gasteiger partial charge on any atom is 0.329 e. The van der Waals surface area contributed by atoms with Crippen LogP contribution in [-0.4, -0.2) is 30.2 Å². The Balaban J connectivity index is 1.41. The molecule has 0 heterocycles. The van der Waals surface area contributed by atoms with Gasteiger partial charge in [-0.25, -0.2) is 4.79 Å². The lowest BCUT2D eigenvalue weighted by atomic mass is 10.0. The predicted molar refractivity (Wildman–Crippen MR) is 136 cm³/mol. The van der Waals surface area contributed by atoms with Crippen LogP contribution in [0.3, 0.4) is 0 Å². The van der Waals surface area contributed by atoms with Gasteiger partial charge >= 0.3 is 5.97 Å². The zero-order valence-electron chi connectivity index (χ0n) is 19.1. The molecule has 1 atom stereocenters. The molecule has 5 nitrogen and oxygen atoms in total. The Labute approximate surface area is 204 Å². The van der Waals surface area contributed by atoms with Gasteiger partial charge < -0.3 is 10.1 Å². The Bertz CT molecular complexity index is 1270. The fraction of sp³-hybridized carbons (Fsp3) is 0.100. The van der Waals surface area contributed by atoms with Crippen molar-refractivity contribution in [1.82, 2.24) is 0 Å². The van der Waals surface area contributed by atoms with Gasteiger partial charge in [0.1, 0.15) is 6.04 Å². The van der Waals surface area contributed by atoms with E-state index >= 15 is 0 Å². The minimum absolute atomic E-state index is 0.0995. The normalized spacial score (nSPS) is 11.3. The van der Waals surface area contributed by atoms with Gasteiger partial charge in [0.2, 0.25) is 0 Å². The lowest BCUT2D eigenvalue weighted by Crippen LogP contribution is -2.34. The van der Waals surface area contributed by atoms with Crippen molar-refractivity contribution >= 4 is 23.2 Å². The fourth-order valence-corrected chi connectivity index (χ4v) is 3.66. The molecule has 1 N–H and O–H groups in total. The fourth-order valence-electron chi connectivity index (χ4n) is 3.66. The molecule has 5 heteroatoms. The van der Waals surface area contributed by atoms with Gasteiger partial charge in [0.15, 0.2) is 18.2 Å². The van der Waals surface area contributed by atoms with Gasteiger partial charge in [-0.1, -0.05) is 103 Å². The van der Waals surface area contributed by atoms with Crippen molar-refractivity contribution in [3.05, 3.63) is 126 Å². The van der Waals surface area contributed by atoms with E-state index in [2.05, 4.69) is 5.32 Å². The maximum absolute atomic E-state index is 12.9. The van der Waals surface area contributed by atoms with Crippen LogP contribution in [-0.2, 0) is 9.53 Å². The van der Waals surface area contributed by atoms with E-state index in [9.17, 15) is 14.4 Å². The molecular weight excluding hydrogens is 438 g/mol. The van der Waals surface area contributed by atoms with Crippen molar-refractivity contribution in [3.8, 4) is 11.1 Å². The van der Waals surface area contributed by atoms with Crippen LogP contribution >= 0.6 is 0 Å². The standard InChI is InChI=1S/C30H25NO4/c32-28(24-12-6-2-7-13-24)20-27(31-26-14-8-3-9-15-26)30(34)35-21-29(33)25-18-16-23(17-19-25)22-10-4-1-5-11-22/h1-19,27,31H,20-21H2/t27-/m0/s1. The van der Waals surface area contributed by atoms with Gasteiger partial charge in [0.05, 0.1) is 0 Å². The van der Waals surface area contributed by atoms with Crippen molar-refractivity contribution in [2.75, 3.05) is 11.9 Å². The number of Topliss-reactive ketones (excluding diaryl/α,β-unsaturated/α-hetero) is 2. The number of hydrogen-bond acceptors (Lipinski definition) is 5. The first-order valence-electron chi connectivity index (χ1n) is 11.4. The summed E-state index contributed by atoms with van der Waals surface area (Å²) in [5, 5.41) is 3.06. The Hall–Kier alpha value is -4.51. The number of esters is 1. The van der Waals surface area contributed by atoms with E-state index in [0.29, 0.717) is 16.8 Å². The zero-order chi connectivity index (χ0) is 24.5. The molecule has 35 heavy (non-hydrogen) atoms. The third-order valence-corrected chi connectivity index (χ3v) is 5.54. The molecule has 0 fully saturated rings. The number of carbonyl (C=O) groups excluding carboxylic acids is 3. The van der Waals surface area contributed by atoms with Crippen LogP contribution in [0.15, 0.2) is 115 Å². The lowest BCUT2D eigenvalue weighted by molar-refractivity contribution is -0.143. The van der Waals surface area contributed by atoms with E-state index in [1.54, 1.807) is 48.5 Å². The molecule has 4 aromatic carbocycles. The SMILES string of the molecule is O=C(COC(=O)[C@H](CC(=O)c1ccccc1)Nc1ccccc1)c1ccc(-c2ccccc2)cc1. The lowest BCUT2D eigenvalue weighted by Gasteiger charge is -2.18. The summed E-state index contributed by atoms with van der Waals surface area (Å²) in [5.74, 6) is -1.17. The highest BCUT2D eigenvalue weighted by Crippen LogP contribution is 2.20. The summed E-state index contributed by atoms with van der Waals surface area (Å²) in [7, 11) is 0. The molecule has 0 spiro atoms. The second-order valence-corrected chi connectivity index (χ2v) is 8.03. The molecule has 4 rings (SSSR count). The zero-order valence-corrected chi connectivity index (χ0v) is 19.1. The van der Waals surface area contributed by atoms with Crippen molar-refractivity contribution < 1.29 is 19.1 Å². The van der Waals surface area contributed by atoms with Crippen LogP contribution in [0.25, 0.3) is 11.1 Å². The molecule has 4 aromatic rings. The van der Waals surface area contributed by atoms with Gasteiger partial charge in [-0.05, 0) is 23.3 Å². The highest BCUT2D eigenvalue weighted by Gasteiger charge is 2.25. The smallest absolute Gasteiger partial charge is 0.329 e. The molecule has 0 unspecified atom stereocenters. The number of ether oxygens (including phenoxy) is 1. The highest BCUT2D eigenvalue weighted by atomic mass is 16.5. The molecule has 0 saturated carbocycles. The summed E-state index contributed by atoms with van der Waals surface area (Å²) in [6, 6.07) is 34.0. The van der Waals surface area contributed by atoms with Crippen molar-refractivity contribution in [2.24, 2.45) is 0 Å². The van der Waals surface area contributed by atoms with Gasteiger partial charge in [-0.3, -0.25) is 9.59 Å². The Morgan fingerprint density at radius 2 is 1.11 bits per heavy atom. The Morgan fingerprint density at radius 3 is 1.74 bits per heavy atom. The molecular formula is C30H25NO4. The number of ketones is 2. The average Bonchev–Trinajstić information content (AvgIpc) is 2.92. The summed E-state index contributed by atoms with van der Waals surface area (Å²) < 4.78 is 5.34. The maximum atomic E-state index is 12.9. The Morgan fingerprint density at radius 1 is 0.600 bits per heavy atom. The number of benzene rings is 4. The van der Waals surface area contributed by atoms with Crippen LogP contribution in [0.5, 0.6) is 0 Å². The number of hydrogen-bond donors (Lipinski definition) is 1. The average molecular weight is 464 g/mol. The van der Waals surface area contributed by atoms with Gasteiger partial charge in [0.25, 0.3) is 0 Å². The third kappa shape index (κ3) is 6.51. The van der Waals surface area contributed by atoms with E-state index in [-0.39, 0.29) is 18.0 Å². The van der Waals surface area contributed by atoms with Crippen LogP contribution in [0.2, 0.25) is 0 Å². The molecule has 0 bridgehead atoms. The van der Waals surface area contributed by atoms with Gasteiger partial charge in [-0.2, -0.15) is 0 Å². The second kappa shape index (κ2) is 11.6. The summed E-state index contributed by atoms with van der Waals surface area (Å²) in [4.78, 5) is 38.3. The molecule has 0 amide bonds. The number of anilines is 1. The number of carbonyl (C=O) groups is 3. The largest absolute Gasteiger partial charge is 0.456 e. The minimum atomic E-state index is -0.932. The monoisotopic (exact) mass is 463 g/mol. The van der Waals surface area contributed by atoms with Crippen LogP contribution in [0.1, 0.15) is 27.1 Å². The molecule has 0 aliphatic heterocycles.